The van der Waals surface area contributed by atoms with Gasteiger partial charge in [-0.15, -0.1) is 0 Å². The molecule has 1 aromatic carbocycles. The van der Waals surface area contributed by atoms with E-state index < -0.39 is 25.6 Å². The second-order valence-electron chi connectivity index (χ2n) is 2.58. The van der Waals surface area contributed by atoms with Crippen molar-refractivity contribution in [3.8, 4) is 0 Å². The lowest BCUT2D eigenvalue weighted by molar-refractivity contribution is -0.387. The van der Waals surface area contributed by atoms with Gasteiger partial charge in [0.15, 0.2) is 4.90 Å². The number of benzene rings is 1. The molecule has 15 heavy (non-hydrogen) atoms. The molecule has 0 heterocycles. The van der Waals surface area contributed by atoms with Crippen molar-refractivity contribution >= 4 is 22.1 Å². The number of carbonyl (C=O) groups excluding carboxylic acids is 1. The van der Waals surface area contributed by atoms with Crippen molar-refractivity contribution in [1.29, 1.82) is 0 Å². The van der Waals surface area contributed by atoms with Crippen LogP contribution in [0.15, 0.2) is 23.1 Å². The van der Waals surface area contributed by atoms with E-state index in [0.717, 1.165) is 18.2 Å². The summed E-state index contributed by atoms with van der Waals surface area (Å²) in [4.78, 5) is 18.9. The molecule has 0 aliphatic carbocycles. The van der Waals surface area contributed by atoms with Gasteiger partial charge in [0.05, 0.1) is 4.92 Å². The summed E-state index contributed by atoms with van der Waals surface area (Å²) in [5.41, 5.74) is -0.879. The Morgan fingerprint density at radius 3 is 2.40 bits per heavy atom. The molecule has 0 radical (unpaired) electrons. The number of hydrogen-bond donors (Lipinski definition) is 1. The van der Waals surface area contributed by atoms with Gasteiger partial charge >= 0.3 is 10.1 Å². The molecule has 0 fully saturated rings. The van der Waals surface area contributed by atoms with Crippen molar-refractivity contribution in [3.63, 3.8) is 0 Å². The number of rotatable bonds is 3. The van der Waals surface area contributed by atoms with Crippen molar-refractivity contribution in [1.82, 2.24) is 0 Å². The summed E-state index contributed by atoms with van der Waals surface area (Å²) in [6.07, 6.45) is 0.334. The quantitative estimate of drug-likeness (QED) is 0.353. The molecule has 0 unspecified atom stereocenters. The monoisotopic (exact) mass is 231 g/mol. The van der Waals surface area contributed by atoms with Gasteiger partial charge in [-0.05, 0) is 12.1 Å². The minimum atomic E-state index is -4.66. The second-order valence-corrected chi connectivity index (χ2v) is 3.97. The standard InChI is InChI=1S/C7H5NO6S/c9-4-5-1-2-7(15(12,13)14)6(3-5)8(10)11/h1-4H,(H,12,13,14). The van der Waals surface area contributed by atoms with E-state index in [9.17, 15) is 23.3 Å². The maximum absolute atomic E-state index is 10.7. The van der Waals surface area contributed by atoms with Gasteiger partial charge in [-0.3, -0.25) is 19.5 Å². The van der Waals surface area contributed by atoms with Crippen molar-refractivity contribution in [2.45, 2.75) is 4.90 Å². The highest BCUT2D eigenvalue weighted by Crippen LogP contribution is 2.23. The van der Waals surface area contributed by atoms with Gasteiger partial charge < -0.3 is 0 Å². The van der Waals surface area contributed by atoms with Crippen LogP contribution in [0.5, 0.6) is 0 Å². The third-order valence-corrected chi connectivity index (χ3v) is 2.49. The maximum Gasteiger partial charge on any atom is 0.301 e. The summed E-state index contributed by atoms with van der Waals surface area (Å²) < 4.78 is 30.1. The summed E-state index contributed by atoms with van der Waals surface area (Å²) in [5.74, 6) is 0. The highest BCUT2D eigenvalue weighted by atomic mass is 32.2. The van der Waals surface area contributed by atoms with E-state index in [4.69, 9.17) is 4.55 Å². The predicted molar refractivity (Wildman–Crippen MR) is 48.3 cm³/mol. The number of nitro benzene ring substituents is 1. The van der Waals surface area contributed by atoms with E-state index in [2.05, 4.69) is 0 Å². The molecule has 7 nitrogen and oxygen atoms in total. The van der Waals surface area contributed by atoms with Crippen LogP contribution in [-0.2, 0) is 10.1 Å². The molecule has 8 heteroatoms. The average Bonchev–Trinajstić information content (AvgIpc) is 2.15. The topological polar surface area (TPSA) is 115 Å². The fraction of sp³-hybridized carbons (Fsp3) is 0. The van der Waals surface area contributed by atoms with Gasteiger partial charge in [-0.1, -0.05) is 0 Å². The molecule has 0 saturated carbocycles. The van der Waals surface area contributed by atoms with Gasteiger partial charge in [0, 0.05) is 11.6 Å². The van der Waals surface area contributed by atoms with E-state index in [-0.39, 0.29) is 5.56 Å². The molecule has 0 saturated heterocycles. The highest BCUT2D eigenvalue weighted by Gasteiger charge is 2.23. The lowest BCUT2D eigenvalue weighted by Gasteiger charge is -1.99. The number of nitro groups is 1. The first-order valence-electron chi connectivity index (χ1n) is 3.57. The fourth-order valence-electron chi connectivity index (χ4n) is 0.969. The zero-order chi connectivity index (χ0) is 11.6. The first-order chi connectivity index (χ1) is 6.86. The zero-order valence-electron chi connectivity index (χ0n) is 7.15. The molecule has 0 aliphatic rings. The molecular formula is C7H5NO6S. The van der Waals surface area contributed by atoms with E-state index >= 15 is 0 Å². The summed E-state index contributed by atoms with van der Waals surface area (Å²) in [5, 5.41) is 10.5. The molecule has 0 amide bonds. The maximum atomic E-state index is 10.7. The minimum Gasteiger partial charge on any atom is -0.298 e. The van der Waals surface area contributed by atoms with Crippen LogP contribution < -0.4 is 0 Å². The van der Waals surface area contributed by atoms with E-state index in [1.165, 1.54) is 0 Å². The number of nitrogens with zero attached hydrogens (tertiary/aromatic N) is 1. The predicted octanol–water partition coefficient (Wildman–Crippen LogP) is 0.654. The van der Waals surface area contributed by atoms with Crippen LogP contribution in [0.3, 0.4) is 0 Å². The summed E-state index contributed by atoms with van der Waals surface area (Å²) in [6, 6.07) is 2.64. The Morgan fingerprint density at radius 2 is 2.00 bits per heavy atom. The first kappa shape index (κ1) is 11.3. The lowest BCUT2D eigenvalue weighted by Crippen LogP contribution is -2.03. The number of hydrogen-bond acceptors (Lipinski definition) is 5. The van der Waals surface area contributed by atoms with Gasteiger partial charge in [0.1, 0.15) is 6.29 Å². The Kier molecular flexibility index (Phi) is 2.82. The summed E-state index contributed by atoms with van der Waals surface area (Å²) in [6.45, 7) is 0. The first-order valence-corrected chi connectivity index (χ1v) is 5.01. The van der Waals surface area contributed by atoms with Crippen LogP contribution in [0.2, 0.25) is 0 Å². The molecule has 1 rings (SSSR count). The average molecular weight is 231 g/mol. The molecular weight excluding hydrogens is 226 g/mol. The normalized spacial score (nSPS) is 11.0. The molecule has 1 aromatic rings. The Balaban J connectivity index is 3.54. The fourth-order valence-corrected chi connectivity index (χ4v) is 1.61. The number of aldehydes is 1. The van der Waals surface area contributed by atoms with Crippen molar-refractivity contribution < 1.29 is 22.7 Å². The Bertz CT molecular complexity index is 520. The van der Waals surface area contributed by atoms with Crippen LogP contribution in [0.4, 0.5) is 5.69 Å². The minimum absolute atomic E-state index is 0.0471. The third kappa shape index (κ3) is 2.36. The third-order valence-electron chi connectivity index (χ3n) is 1.59. The van der Waals surface area contributed by atoms with Crippen LogP contribution in [0, 0.1) is 10.1 Å². The van der Waals surface area contributed by atoms with Gasteiger partial charge in [0.25, 0.3) is 5.69 Å². The van der Waals surface area contributed by atoms with Gasteiger partial charge in [-0.2, -0.15) is 8.42 Å². The summed E-state index contributed by atoms with van der Waals surface area (Å²) >= 11 is 0. The second kappa shape index (κ2) is 3.75. The van der Waals surface area contributed by atoms with E-state index in [0.29, 0.717) is 6.29 Å². The molecule has 0 aliphatic heterocycles. The smallest absolute Gasteiger partial charge is 0.298 e. The van der Waals surface area contributed by atoms with Crippen molar-refractivity contribution in [2.75, 3.05) is 0 Å². The Hall–Kier alpha value is -1.80. The van der Waals surface area contributed by atoms with Crippen LogP contribution in [0.1, 0.15) is 10.4 Å². The number of carbonyl (C=O) groups is 1. The van der Waals surface area contributed by atoms with Crippen LogP contribution >= 0.6 is 0 Å². The van der Waals surface area contributed by atoms with E-state index in [1.807, 2.05) is 0 Å². The lowest BCUT2D eigenvalue weighted by atomic mass is 10.2. The molecule has 80 valence electrons. The van der Waals surface area contributed by atoms with Crippen LogP contribution in [0.25, 0.3) is 0 Å². The van der Waals surface area contributed by atoms with Gasteiger partial charge in [0.2, 0.25) is 0 Å². The highest BCUT2D eigenvalue weighted by molar-refractivity contribution is 7.86. The Labute approximate surface area is 84.2 Å². The van der Waals surface area contributed by atoms with Crippen molar-refractivity contribution in [2.24, 2.45) is 0 Å². The SMILES string of the molecule is O=Cc1ccc(S(=O)(=O)O)c([N+](=O)[O-])c1. The Morgan fingerprint density at radius 1 is 1.40 bits per heavy atom. The van der Waals surface area contributed by atoms with E-state index in [1.54, 1.807) is 0 Å². The summed E-state index contributed by atoms with van der Waals surface area (Å²) in [7, 11) is -4.66. The molecule has 0 aromatic heterocycles. The largest absolute Gasteiger partial charge is 0.301 e. The molecule has 0 spiro atoms. The van der Waals surface area contributed by atoms with Crippen molar-refractivity contribution in [3.05, 3.63) is 33.9 Å². The van der Waals surface area contributed by atoms with Crippen LogP contribution in [-0.4, -0.2) is 24.2 Å². The molecule has 0 atom stereocenters. The molecule has 0 bridgehead atoms. The van der Waals surface area contributed by atoms with Gasteiger partial charge in [-0.25, -0.2) is 0 Å². The molecule has 1 N–H and O–H groups in total. The zero-order valence-corrected chi connectivity index (χ0v) is 7.97.